The van der Waals surface area contributed by atoms with E-state index in [1.165, 1.54) is 0 Å². The van der Waals surface area contributed by atoms with E-state index in [1.54, 1.807) is 0 Å². The maximum absolute atomic E-state index is 11.8. The van der Waals surface area contributed by atoms with Crippen molar-refractivity contribution in [2.75, 3.05) is 46.4 Å². The summed E-state index contributed by atoms with van der Waals surface area (Å²) in [6.07, 6.45) is 2.21. The van der Waals surface area contributed by atoms with Crippen molar-refractivity contribution in [1.29, 1.82) is 0 Å². The fourth-order valence-corrected chi connectivity index (χ4v) is 2.79. The Morgan fingerprint density at radius 3 is 3.00 bits per heavy atom. The highest BCUT2D eigenvalue weighted by Gasteiger charge is 2.34. The molecule has 0 radical (unpaired) electrons. The highest BCUT2D eigenvalue weighted by molar-refractivity contribution is 5.76. The van der Waals surface area contributed by atoms with Crippen molar-refractivity contribution in [2.24, 2.45) is 0 Å². The van der Waals surface area contributed by atoms with Gasteiger partial charge in [0.05, 0.1) is 19.3 Å². The molecule has 104 valence electrons. The largest absolute Gasteiger partial charge is 0.465 e. The zero-order valence-corrected chi connectivity index (χ0v) is 11.4. The lowest BCUT2D eigenvalue weighted by molar-refractivity contribution is -0.149. The summed E-state index contributed by atoms with van der Waals surface area (Å²) in [5, 5.41) is 0. The van der Waals surface area contributed by atoms with Gasteiger partial charge in [-0.25, -0.2) is 0 Å². The second kappa shape index (κ2) is 6.50. The van der Waals surface area contributed by atoms with E-state index in [0.717, 1.165) is 45.6 Å². The lowest BCUT2D eigenvalue weighted by Crippen LogP contribution is -2.48. The Morgan fingerprint density at radius 1 is 1.44 bits per heavy atom. The van der Waals surface area contributed by atoms with Crippen LogP contribution in [0.1, 0.15) is 19.8 Å². The van der Waals surface area contributed by atoms with E-state index in [9.17, 15) is 4.79 Å². The smallest absolute Gasteiger partial charge is 0.323 e. The molecule has 0 aromatic carbocycles. The molecule has 0 spiro atoms. The number of rotatable bonds is 4. The third kappa shape index (κ3) is 3.43. The molecule has 18 heavy (non-hydrogen) atoms. The summed E-state index contributed by atoms with van der Waals surface area (Å²) in [5.74, 6) is -0.0702. The first kappa shape index (κ1) is 13.8. The minimum absolute atomic E-state index is 0.0548. The van der Waals surface area contributed by atoms with Crippen LogP contribution in [0.25, 0.3) is 0 Å². The molecule has 2 aliphatic heterocycles. The third-order valence-electron chi connectivity index (χ3n) is 3.70. The maximum atomic E-state index is 11.8. The average molecular weight is 256 g/mol. The van der Waals surface area contributed by atoms with Gasteiger partial charge in [-0.1, -0.05) is 0 Å². The van der Waals surface area contributed by atoms with Gasteiger partial charge in [0.15, 0.2) is 0 Å². The van der Waals surface area contributed by atoms with Gasteiger partial charge in [0.2, 0.25) is 0 Å². The van der Waals surface area contributed by atoms with Gasteiger partial charge in [-0.05, 0) is 33.4 Å². The molecule has 0 aliphatic carbocycles. The first-order valence-corrected chi connectivity index (χ1v) is 6.91. The van der Waals surface area contributed by atoms with Crippen LogP contribution in [0.3, 0.4) is 0 Å². The highest BCUT2D eigenvalue weighted by atomic mass is 16.5. The van der Waals surface area contributed by atoms with Gasteiger partial charge in [0.1, 0.15) is 6.04 Å². The van der Waals surface area contributed by atoms with Crippen molar-refractivity contribution in [3.63, 3.8) is 0 Å². The Morgan fingerprint density at radius 2 is 2.28 bits per heavy atom. The molecule has 0 amide bonds. The fraction of sp³-hybridized carbons (Fsp3) is 0.923. The Hall–Kier alpha value is -0.650. The molecule has 0 saturated carbocycles. The van der Waals surface area contributed by atoms with Crippen molar-refractivity contribution in [3.05, 3.63) is 0 Å². The van der Waals surface area contributed by atoms with E-state index in [2.05, 4.69) is 16.8 Å². The number of carbonyl (C=O) groups excluding carboxylic acids is 1. The molecule has 2 heterocycles. The summed E-state index contributed by atoms with van der Waals surface area (Å²) in [6, 6.07) is -0.0548. The van der Waals surface area contributed by atoms with Crippen molar-refractivity contribution in [3.8, 4) is 0 Å². The fourth-order valence-electron chi connectivity index (χ4n) is 2.79. The molecule has 5 nitrogen and oxygen atoms in total. The summed E-state index contributed by atoms with van der Waals surface area (Å²) in [4.78, 5) is 16.4. The molecule has 2 aliphatic rings. The lowest BCUT2D eigenvalue weighted by Gasteiger charge is -2.34. The van der Waals surface area contributed by atoms with Gasteiger partial charge in [-0.15, -0.1) is 0 Å². The van der Waals surface area contributed by atoms with Gasteiger partial charge in [0.25, 0.3) is 0 Å². The molecule has 2 rings (SSSR count). The van der Waals surface area contributed by atoms with Crippen LogP contribution in [0.2, 0.25) is 0 Å². The Balaban J connectivity index is 1.85. The van der Waals surface area contributed by atoms with E-state index >= 15 is 0 Å². The molecule has 2 saturated heterocycles. The molecule has 2 fully saturated rings. The number of esters is 1. The second-order valence-electron chi connectivity index (χ2n) is 5.16. The SMILES string of the molecule is CCOC(=O)C1CCCN1CC1CN(C)CCO1. The van der Waals surface area contributed by atoms with Crippen LogP contribution in [0, 0.1) is 0 Å². The monoisotopic (exact) mass is 256 g/mol. The number of hydrogen-bond acceptors (Lipinski definition) is 5. The summed E-state index contributed by atoms with van der Waals surface area (Å²) in [5.41, 5.74) is 0. The number of ether oxygens (including phenoxy) is 2. The normalized spacial score (nSPS) is 30.6. The van der Waals surface area contributed by atoms with Gasteiger partial charge in [0, 0.05) is 19.6 Å². The first-order chi connectivity index (χ1) is 8.70. The highest BCUT2D eigenvalue weighted by Crippen LogP contribution is 2.20. The molecule has 5 heteroatoms. The zero-order valence-electron chi connectivity index (χ0n) is 11.4. The number of carbonyl (C=O) groups is 1. The molecule has 0 aromatic heterocycles. The summed E-state index contributed by atoms with van der Waals surface area (Å²) < 4.78 is 10.9. The topological polar surface area (TPSA) is 42.0 Å². The van der Waals surface area contributed by atoms with Crippen LogP contribution in [-0.2, 0) is 14.3 Å². The number of nitrogens with zero attached hydrogens (tertiary/aromatic N) is 2. The molecule has 2 atom stereocenters. The van der Waals surface area contributed by atoms with Crippen molar-refractivity contribution in [1.82, 2.24) is 9.80 Å². The van der Waals surface area contributed by atoms with E-state index in [1.807, 2.05) is 6.92 Å². The minimum atomic E-state index is -0.0702. The van der Waals surface area contributed by atoms with E-state index < -0.39 is 0 Å². The predicted molar refractivity (Wildman–Crippen MR) is 68.5 cm³/mol. The minimum Gasteiger partial charge on any atom is -0.465 e. The van der Waals surface area contributed by atoms with Gasteiger partial charge in [-0.2, -0.15) is 0 Å². The Labute approximate surface area is 109 Å². The summed E-state index contributed by atoms with van der Waals surface area (Å²) >= 11 is 0. The van der Waals surface area contributed by atoms with Crippen LogP contribution in [0.4, 0.5) is 0 Å². The maximum Gasteiger partial charge on any atom is 0.323 e. The lowest BCUT2D eigenvalue weighted by atomic mass is 10.2. The van der Waals surface area contributed by atoms with Gasteiger partial charge < -0.3 is 14.4 Å². The van der Waals surface area contributed by atoms with Crippen LogP contribution in [-0.4, -0.2) is 74.4 Å². The average Bonchev–Trinajstić information content (AvgIpc) is 2.77. The molecule has 0 aromatic rings. The quantitative estimate of drug-likeness (QED) is 0.679. The van der Waals surface area contributed by atoms with Gasteiger partial charge in [-0.3, -0.25) is 9.69 Å². The second-order valence-corrected chi connectivity index (χ2v) is 5.16. The number of likely N-dealkylation sites (tertiary alicyclic amines) is 1. The number of morpholine rings is 1. The van der Waals surface area contributed by atoms with Gasteiger partial charge >= 0.3 is 5.97 Å². The molecule has 2 unspecified atom stereocenters. The van der Waals surface area contributed by atoms with Crippen molar-refractivity contribution in [2.45, 2.75) is 31.9 Å². The predicted octanol–water partition coefficient (Wildman–Crippen LogP) is 0.345. The molecular weight excluding hydrogens is 232 g/mol. The first-order valence-electron chi connectivity index (χ1n) is 6.91. The van der Waals surface area contributed by atoms with Crippen LogP contribution in [0.15, 0.2) is 0 Å². The van der Waals surface area contributed by atoms with Crippen molar-refractivity contribution < 1.29 is 14.3 Å². The van der Waals surface area contributed by atoms with Crippen LogP contribution in [0.5, 0.6) is 0 Å². The number of likely N-dealkylation sites (N-methyl/N-ethyl adjacent to an activating group) is 1. The Kier molecular flexibility index (Phi) is 4.97. The van der Waals surface area contributed by atoms with E-state index in [0.29, 0.717) is 6.61 Å². The van der Waals surface area contributed by atoms with E-state index in [-0.39, 0.29) is 18.1 Å². The van der Waals surface area contributed by atoms with Crippen LogP contribution < -0.4 is 0 Å². The molecular formula is C13H24N2O3. The third-order valence-corrected chi connectivity index (χ3v) is 3.70. The molecule has 0 N–H and O–H groups in total. The van der Waals surface area contributed by atoms with E-state index in [4.69, 9.17) is 9.47 Å². The van der Waals surface area contributed by atoms with Crippen LogP contribution >= 0.6 is 0 Å². The molecule has 0 bridgehead atoms. The summed E-state index contributed by atoms with van der Waals surface area (Å²) in [6.45, 7) is 6.88. The Bertz CT molecular complexity index is 285. The standard InChI is InChI=1S/C13H24N2O3/c1-3-17-13(16)12-5-4-6-15(12)10-11-9-14(2)7-8-18-11/h11-12H,3-10H2,1-2H3. The summed E-state index contributed by atoms with van der Waals surface area (Å²) in [7, 11) is 2.11. The zero-order chi connectivity index (χ0) is 13.0. The number of hydrogen-bond donors (Lipinski definition) is 0. The van der Waals surface area contributed by atoms with Crippen molar-refractivity contribution >= 4 is 5.97 Å².